The lowest BCUT2D eigenvalue weighted by Gasteiger charge is -2.24. The molecule has 3 heterocycles. The zero-order valence-electron chi connectivity index (χ0n) is 16.7. The van der Waals surface area contributed by atoms with E-state index in [0.29, 0.717) is 53.8 Å². The molecule has 32 heavy (non-hydrogen) atoms. The van der Waals surface area contributed by atoms with Gasteiger partial charge in [0.15, 0.2) is 5.82 Å². The first-order valence-electron chi connectivity index (χ1n) is 10.1. The smallest absolute Gasteiger partial charge is 0.418 e. The van der Waals surface area contributed by atoms with Crippen LogP contribution < -0.4 is 5.73 Å². The monoisotopic (exact) mass is 444 g/mol. The number of H-pyrrole nitrogens is 1. The fraction of sp³-hybridized carbons (Fsp3) is 0.333. The number of hydrogen-bond donors (Lipinski definition) is 3. The Hall–Kier alpha value is -3.63. The van der Waals surface area contributed by atoms with Crippen LogP contribution in [-0.4, -0.2) is 35.6 Å². The first-order valence-corrected chi connectivity index (χ1v) is 10.1. The number of halogens is 3. The molecule has 166 valence electrons. The molecule has 4 N–H and O–H groups in total. The van der Waals surface area contributed by atoms with Crippen LogP contribution in [0.5, 0.6) is 0 Å². The van der Waals surface area contributed by atoms with E-state index in [-0.39, 0.29) is 23.2 Å². The van der Waals surface area contributed by atoms with E-state index in [9.17, 15) is 23.1 Å². The van der Waals surface area contributed by atoms with E-state index < -0.39 is 17.7 Å². The summed E-state index contributed by atoms with van der Waals surface area (Å²) in [5, 5.41) is 13.9. The van der Waals surface area contributed by atoms with E-state index in [4.69, 9.17) is 10.7 Å². The average molecular weight is 444 g/mol. The highest BCUT2D eigenvalue weighted by Crippen LogP contribution is 2.40. The molecular weight excluding hydrogens is 425 g/mol. The molecule has 1 aliphatic carbocycles. The normalized spacial score (nSPS) is 19.6. The van der Waals surface area contributed by atoms with Crippen LogP contribution in [0, 0.1) is 5.92 Å². The van der Waals surface area contributed by atoms with E-state index in [2.05, 4.69) is 15.1 Å². The second-order valence-electron chi connectivity index (χ2n) is 8.06. The van der Waals surface area contributed by atoms with Gasteiger partial charge in [0.1, 0.15) is 23.4 Å². The van der Waals surface area contributed by atoms with E-state index in [0.717, 1.165) is 6.07 Å². The van der Waals surface area contributed by atoms with Crippen molar-refractivity contribution in [1.29, 1.82) is 0 Å². The van der Waals surface area contributed by atoms with Gasteiger partial charge in [0.2, 0.25) is 0 Å². The fourth-order valence-electron chi connectivity index (χ4n) is 4.55. The number of nitrogen functional groups attached to an aromatic ring is 1. The Morgan fingerprint density at radius 1 is 1.22 bits per heavy atom. The molecule has 5 rings (SSSR count). The summed E-state index contributed by atoms with van der Waals surface area (Å²) in [7, 11) is 0. The summed E-state index contributed by atoms with van der Waals surface area (Å²) < 4.78 is 42.0. The Balaban J connectivity index is 1.64. The number of carboxylic acids is 1. The van der Waals surface area contributed by atoms with Crippen molar-refractivity contribution in [2.75, 3.05) is 5.73 Å². The number of aromatic nitrogens is 5. The van der Waals surface area contributed by atoms with Gasteiger partial charge in [-0.15, -0.1) is 0 Å². The summed E-state index contributed by atoms with van der Waals surface area (Å²) in [5.74, 6) is -0.477. The van der Waals surface area contributed by atoms with Crippen LogP contribution in [0.4, 0.5) is 19.0 Å². The molecule has 8 nitrogen and oxygen atoms in total. The third-order valence-electron chi connectivity index (χ3n) is 6.14. The molecule has 3 aromatic heterocycles. The molecule has 0 saturated heterocycles. The number of benzene rings is 1. The quantitative estimate of drug-likeness (QED) is 0.435. The molecule has 0 radical (unpaired) electrons. The Bertz CT molecular complexity index is 1330. The molecule has 0 atom stereocenters. The van der Waals surface area contributed by atoms with Gasteiger partial charge >= 0.3 is 12.1 Å². The molecule has 1 saturated carbocycles. The predicted octanol–water partition coefficient (Wildman–Crippen LogP) is 4.23. The average Bonchev–Trinajstić information content (AvgIpc) is 3.35. The zero-order valence-corrected chi connectivity index (χ0v) is 16.7. The Kier molecular flexibility index (Phi) is 4.57. The predicted molar refractivity (Wildman–Crippen MR) is 110 cm³/mol. The summed E-state index contributed by atoms with van der Waals surface area (Å²) >= 11 is 0. The van der Waals surface area contributed by atoms with E-state index in [1.807, 2.05) is 0 Å². The first-order chi connectivity index (χ1) is 15.2. The minimum Gasteiger partial charge on any atom is -0.481 e. The van der Waals surface area contributed by atoms with Crippen molar-refractivity contribution >= 4 is 28.2 Å². The Morgan fingerprint density at radius 2 is 1.97 bits per heavy atom. The number of aliphatic carboxylic acids is 1. The molecular formula is C21H19F3N6O2. The number of carboxylic acid groups (broad SMARTS) is 1. The van der Waals surface area contributed by atoms with Gasteiger partial charge in [0.05, 0.1) is 22.7 Å². The van der Waals surface area contributed by atoms with Crippen LogP contribution in [0.15, 0.2) is 30.6 Å². The summed E-state index contributed by atoms with van der Waals surface area (Å²) in [4.78, 5) is 22.9. The summed E-state index contributed by atoms with van der Waals surface area (Å²) in [6, 6.07) is 5.58. The number of nitrogens with two attached hydrogens (primary N) is 1. The van der Waals surface area contributed by atoms with Gasteiger partial charge in [-0.2, -0.15) is 18.3 Å². The Labute approximate surface area is 179 Å². The van der Waals surface area contributed by atoms with Crippen molar-refractivity contribution in [3.63, 3.8) is 0 Å². The number of nitrogens with one attached hydrogen (secondary N) is 1. The lowest BCUT2D eigenvalue weighted by molar-refractivity contribution is -0.143. The molecule has 1 aromatic carbocycles. The molecule has 0 unspecified atom stereocenters. The minimum atomic E-state index is -4.51. The van der Waals surface area contributed by atoms with E-state index in [1.54, 1.807) is 16.6 Å². The van der Waals surface area contributed by atoms with Gasteiger partial charge in [-0.3, -0.25) is 4.79 Å². The number of aromatic amines is 1. The number of carbonyl (C=O) groups is 1. The van der Waals surface area contributed by atoms with Crippen LogP contribution in [0.1, 0.15) is 43.0 Å². The second kappa shape index (κ2) is 7.21. The van der Waals surface area contributed by atoms with Gasteiger partial charge in [-0.1, -0.05) is 12.1 Å². The number of imidazole rings is 1. The van der Waals surface area contributed by atoms with Gasteiger partial charge in [-0.05, 0) is 37.8 Å². The van der Waals surface area contributed by atoms with Gasteiger partial charge in [0.25, 0.3) is 0 Å². The largest absolute Gasteiger partial charge is 0.481 e. The van der Waals surface area contributed by atoms with Crippen molar-refractivity contribution < 1.29 is 23.1 Å². The van der Waals surface area contributed by atoms with Gasteiger partial charge < -0.3 is 15.8 Å². The third-order valence-corrected chi connectivity index (χ3v) is 6.14. The molecule has 0 bridgehead atoms. The van der Waals surface area contributed by atoms with Crippen LogP contribution in [0.2, 0.25) is 0 Å². The molecule has 0 spiro atoms. The first kappa shape index (κ1) is 20.3. The number of nitrogens with zero attached hydrogens (tertiary/aromatic N) is 4. The third kappa shape index (κ3) is 3.24. The van der Waals surface area contributed by atoms with E-state index >= 15 is 0 Å². The standard InChI is InChI=1S/C21H19F3N6O2/c22-21(23,24)13-3-1-2-12-8-14(28-15(12)13)16-17-18(25)26-9-27-30(17)19(29-16)10-4-6-11(7-5-10)20(31)32/h1-3,8-11,28H,4-7H2,(H,31,32)(H2,25,26,27)/t10-,11-. The van der Waals surface area contributed by atoms with Gasteiger partial charge in [-0.25, -0.2) is 14.5 Å². The number of alkyl halides is 3. The van der Waals surface area contributed by atoms with Crippen molar-refractivity contribution in [2.24, 2.45) is 5.92 Å². The highest BCUT2D eigenvalue weighted by atomic mass is 19.4. The number of rotatable bonds is 3. The minimum absolute atomic E-state index is 0.0323. The molecule has 0 amide bonds. The highest BCUT2D eigenvalue weighted by Gasteiger charge is 2.34. The summed E-state index contributed by atoms with van der Waals surface area (Å²) in [6.07, 6.45) is -0.936. The zero-order chi connectivity index (χ0) is 22.6. The number of hydrogen-bond acceptors (Lipinski definition) is 5. The van der Waals surface area contributed by atoms with E-state index in [1.165, 1.54) is 12.4 Å². The molecule has 1 aliphatic rings. The maximum Gasteiger partial charge on any atom is 0.418 e. The van der Waals surface area contributed by atoms with Crippen molar-refractivity contribution in [1.82, 2.24) is 24.6 Å². The SMILES string of the molecule is Nc1ncnn2c1c(-c1cc3cccc(C(F)(F)F)c3[nH]1)nc2[C@H]1CC[C@H](C(=O)O)CC1. The molecule has 0 aliphatic heterocycles. The fourth-order valence-corrected chi connectivity index (χ4v) is 4.55. The van der Waals surface area contributed by atoms with Crippen LogP contribution in [0.25, 0.3) is 27.8 Å². The van der Waals surface area contributed by atoms with Crippen LogP contribution in [-0.2, 0) is 11.0 Å². The van der Waals surface area contributed by atoms with Crippen molar-refractivity contribution in [3.05, 3.63) is 42.0 Å². The number of fused-ring (bicyclic) bond motifs is 2. The van der Waals surface area contributed by atoms with Crippen molar-refractivity contribution in [3.8, 4) is 11.4 Å². The molecule has 1 fully saturated rings. The van der Waals surface area contributed by atoms with Gasteiger partial charge in [0, 0.05) is 11.3 Å². The number of anilines is 1. The lowest BCUT2D eigenvalue weighted by Crippen LogP contribution is -2.21. The topological polar surface area (TPSA) is 122 Å². The second-order valence-corrected chi connectivity index (χ2v) is 8.06. The Morgan fingerprint density at radius 3 is 2.66 bits per heavy atom. The summed E-state index contributed by atoms with van der Waals surface area (Å²) in [6.45, 7) is 0. The van der Waals surface area contributed by atoms with Crippen LogP contribution in [0.3, 0.4) is 0 Å². The molecule has 4 aromatic rings. The van der Waals surface area contributed by atoms with Crippen molar-refractivity contribution in [2.45, 2.75) is 37.8 Å². The summed E-state index contributed by atoms with van der Waals surface area (Å²) in [5.41, 5.74) is 6.46. The maximum absolute atomic E-state index is 13.5. The van der Waals surface area contributed by atoms with Crippen LogP contribution >= 0.6 is 0 Å². The maximum atomic E-state index is 13.5. The highest BCUT2D eigenvalue weighted by molar-refractivity contribution is 5.92. The lowest BCUT2D eigenvalue weighted by atomic mass is 9.82. The number of para-hydroxylation sites is 1. The molecule has 11 heteroatoms.